The van der Waals surface area contributed by atoms with Gasteiger partial charge in [-0.2, -0.15) is 0 Å². The molecule has 0 aromatic heterocycles. The van der Waals surface area contributed by atoms with E-state index in [2.05, 4.69) is 76.3 Å². The molecule has 0 aliphatic rings. The topological polar surface area (TPSA) is 25.8 Å². The predicted molar refractivity (Wildman–Crippen MR) is 118 cm³/mol. The van der Waals surface area contributed by atoms with Gasteiger partial charge in [0.05, 0.1) is 11.1 Å². The van der Waals surface area contributed by atoms with E-state index in [1.165, 1.54) is 28.5 Å². The maximum absolute atomic E-state index is 13.2. The molecular formula is C26H33FNO+. The minimum Gasteiger partial charge on any atom is -0.488 e. The first-order chi connectivity index (χ1) is 13.6. The summed E-state index contributed by atoms with van der Waals surface area (Å²) in [6.07, 6.45) is 1.12. The second-order valence-corrected chi connectivity index (χ2v) is 9.81. The Hall–Kier alpha value is -2.39. The van der Waals surface area contributed by atoms with Gasteiger partial charge >= 0.3 is 0 Å². The van der Waals surface area contributed by atoms with Gasteiger partial charge in [0.1, 0.15) is 24.7 Å². The molecule has 0 atom stereocenters. The molecule has 0 fully saturated rings. The molecule has 3 aromatic rings. The van der Waals surface area contributed by atoms with Crippen LogP contribution in [0.5, 0.6) is 5.75 Å². The number of hydrogen-bond acceptors (Lipinski definition) is 1. The van der Waals surface area contributed by atoms with Gasteiger partial charge in [0, 0.05) is 6.42 Å². The highest BCUT2D eigenvalue weighted by atomic mass is 19.1. The van der Waals surface area contributed by atoms with Gasteiger partial charge in [0.25, 0.3) is 0 Å². The summed E-state index contributed by atoms with van der Waals surface area (Å²) >= 11 is 0. The van der Waals surface area contributed by atoms with Crippen molar-refractivity contribution in [1.82, 2.24) is 0 Å². The lowest BCUT2D eigenvalue weighted by Gasteiger charge is -2.31. The van der Waals surface area contributed by atoms with Crippen molar-refractivity contribution in [2.45, 2.75) is 59.7 Å². The molecule has 3 aromatic carbocycles. The van der Waals surface area contributed by atoms with Gasteiger partial charge in [0.15, 0.2) is 0 Å². The fourth-order valence-electron chi connectivity index (χ4n) is 4.22. The zero-order valence-corrected chi connectivity index (χ0v) is 18.3. The maximum Gasteiger partial charge on any atom is 0.129 e. The summed E-state index contributed by atoms with van der Waals surface area (Å²) in [6.45, 7) is 12.8. The third-order valence-corrected chi connectivity index (χ3v) is 5.15. The van der Waals surface area contributed by atoms with Crippen LogP contribution in [-0.2, 0) is 13.2 Å². The van der Waals surface area contributed by atoms with Crippen molar-refractivity contribution in [1.29, 1.82) is 0 Å². The number of halogens is 1. The molecule has 0 amide bonds. The van der Waals surface area contributed by atoms with Gasteiger partial charge in [-0.15, -0.1) is 0 Å². The average Bonchev–Trinajstić information content (AvgIpc) is 2.64. The predicted octanol–water partition coefficient (Wildman–Crippen LogP) is 5.84. The van der Waals surface area contributed by atoms with Crippen LogP contribution in [0.15, 0.2) is 60.7 Å². The second-order valence-electron chi connectivity index (χ2n) is 9.81. The Kier molecular flexibility index (Phi) is 6.28. The van der Waals surface area contributed by atoms with E-state index in [1.807, 2.05) is 0 Å². The number of quaternary nitrogens is 1. The molecule has 154 valence electrons. The Morgan fingerprint density at radius 1 is 0.862 bits per heavy atom. The quantitative estimate of drug-likeness (QED) is 0.535. The number of hydrogen-bond donors (Lipinski definition) is 1. The second kappa shape index (κ2) is 8.54. The summed E-state index contributed by atoms with van der Waals surface area (Å²) in [7, 11) is 0. The van der Waals surface area contributed by atoms with Crippen LogP contribution in [0, 0.1) is 11.2 Å². The van der Waals surface area contributed by atoms with Gasteiger partial charge < -0.3 is 10.1 Å². The van der Waals surface area contributed by atoms with E-state index in [0.717, 1.165) is 24.3 Å². The fourth-order valence-corrected chi connectivity index (χ4v) is 4.22. The van der Waals surface area contributed by atoms with Crippen LogP contribution in [0.25, 0.3) is 10.8 Å². The molecule has 2 N–H and O–H groups in total. The van der Waals surface area contributed by atoms with E-state index in [4.69, 9.17) is 4.74 Å². The summed E-state index contributed by atoms with van der Waals surface area (Å²) in [5.41, 5.74) is 2.58. The van der Waals surface area contributed by atoms with E-state index in [0.29, 0.717) is 6.61 Å². The molecule has 0 aliphatic carbocycles. The molecule has 0 aliphatic heterocycles. The molecular weight excluding hydrogens is 361 g/mol. The summed E-state index contributed by atoms with van der Waals surface area (Å²) in [4.78, 5) is 0. The van der Waals surface area contributed by atoms with Crippen LogP contribution in [0.1, 0.15) is 52.2 Å². The van der Waals surface area contributed by atoms with Crippen molar-refractivity contribution >= 4 is 10.8 Å². The maximum atomic E-state index is 13.2. The molecule has 0 unspecified atom stereocenters. The highest BCUT2D eigenvalue weighted by Gasteiger charge is 2.28. The van der Waals surface area contributed by atoms with Gasteiger partial charge in [-0.3, -0.25) is 0 Å². The Morgan fingerprint density at radius 3 is 2.24 bits per heavy atom. The summed E-state index contributed by atoms with van der Waals surface area (Å²) in [5.74, 6) is 0.673. The Morgan fingerprint density at radius 2 is 1.55 bits per heavy atom. The lowest BCUT2D eigenvalue weighted by atomic mass is 9.81. The van der Waals surface area contributed by atoms with Crippen molar-refractivity contribution in [2.24, 2.45) is 5.41 Å². The summed E-state index contributed by atoms with van der Waals surface area (Å²) < 4.78 is 19.4. The van der Waals surface area contributed by atoms with E-state index in [-0.39, 0.29) is 16.8 Å². The third kappa shape index (κ3) is 6.04. The number of ether oxygens (including phenoxy) is 1. The van der Waals surface area contributed by atoms with E-state index in [9.17, 15) is 4.39 Å². The van der Waals surface area contributed by atoms with E-state index >= 15 is 0 Å². The van der Waals surface area contributed by atoms with Gasteiger partial charge in [-0.05, 0) is 53.8 Å². The minimum atomic E-state index is -0.226. The molecule has 3 rings (SSSR count). The van der Waals surface area contributed by atoms with Crippen LogP contribution in [-0.4, -0.2) is 5.54 Å². The SMILES string of the molecule is CC(C)(C)CC(C)(C)[NH2+]Cc1c(OCc2ccc(F)cc2)ccc2ccccc12. The van der Waals surface area contributed by atoms with Gasteiger partial charge in [-0.1, -0.05) is 63.2 Å². The normalized spacial score (nSPS) is 12.3. The van der Waals surface area contributed by atoms with Crippen molar-refractivity contribution in [3.05, 3.63) is 77.6 Å². The Labute approximate surface area is 174 Å². The molecule has 3 heteroatoms. The van der Waals surface area contributed by atoms with E-state index in [1.54, 1.807) is 12.1 Å². The number of nitrogens with two attached hydrogens (primary N) is 1. The standard InChI is InChI=1S/C26H32FNO/c1-25(2,3)18-26(4,5)28-16-23-22-9-7-6-8-20(22)12-15-24(23)29-17-19-10-13-21(27)14-11-19/h6-15,28H,16-18H2,1-5H3/p+1. The zero-order chi connectivity index (χ0) is 21.1. The molecule has 2 nitrogen and oxygen atoms in total. The van der Waals surface area contributed by atoms with Crippen LogP contribution in [0.3, 0.4) is 0 Å². The van der Waals surface area contributed by atoms with Crippen molar-refractivity contribution in [2.75, 3.05) is 0 Å². The molecule has 0 spiro atoms. The number of fused-ring (bicyclic) bond motifs is 1. The first-order valence-electron chi connectivity index (χ1n) is 10.4. The first-order valence-corrected chi connectivity index (χ1v) is 10.4. The Bertz CT molecular complexity index is 955. The fraction of sp³-hybridized carbons (Fsp3) is 0.385. The molecule has 29 heavy (non-hydrogen) atoms. The van der Waals surface area contributed by atoms with Crippen LogP contribution < -0.4 is 10.1 Å². The first kappa shape index (κ1) is 21.3. The smallest absolute Gasteiger partial charge is 0.129 e. The van der Waals surface area contributed by atoms with Crippen LogP contribution >= 0.6 is 0 Å². The van der Waals surface area contributed by atoms with Gasteiger partial charge in [-0.25, -0.2) is 4.39 Å². The minimum absolute atomic E-state index is 0.128. The van der Waals surface area contributed by atoms with Crippen LogP contribution in [0.4, 0.5) is 4.39 Å². The average molecular weight is 395 g/mol. The zero-order valence-electron chi connectivity index (χ0n) is 18.3. The molecule has 0 radical (unpaired) electrons. The third-order valence-electron chi connectivity index (χ3n) is 5.15. The van der Waals surface area contributed by atoms with Crippen molar-refractivity contribution < 1.29 is 14.4 Å². The lowest BCUT2D eigenvalue weighted by Crippen LogP contribution is -2.94. The monoisotopic (exact) mass is 394 g/mol. The van der Waals surface area contributed by atoms with E-state index < -0.39 is 0 Å². The largest absolute Gasteiger partial charge is 0.488 e. The van der Waals surface area contributed by atoms with Gasteiger partial charge in [0.2, 0.25) is 0 Å². The number of rotatable bonds is 7. The number of benzene rings is 3. The summed E-state index contributed by atoms with van der Waals surface area (Å²) in [5, 5.41) is 4.87. The molecule has 0 saturated heterocycles. The highest BCUT2D eigenvalue weighted by Crippen LogP contribution is 2.29. The highest BCUT2D eigenvalue weighted by molar-refractivity contribution is 5.87. The van der Waals surface area contributed by atoms with Crippen molar-refractivity contribution in [3.63, 3.8) is 0 Å². The summed E-state index contributed by atoms with van der Waals surface area (Å²) in [6, 6.07) is 19.1. The Balaban J connectivity index is 1.84. The molecule has 0 heterocycles. The van der Waals surface area contributed by atoms with Crippen LogP contribution in [0.2, 0.25) is 0 Å². The molecule has 0 bridgehead atoms. The molecule has 0 saturated carbocycles. The lowest BCUT2D eigenvalue weighted by molar-refractivity contribution is -0.737. The van der Waals surface area contributed by atoms with Crippen molar-refractivity contribution in [3.8, 4) is 5.75 Å².